The molecule has 1 aromatic heterocycles. The van der Waals surface area contributed by atoms with E-state index in [4.69, 9.17) is 0 Å². The van der Waals surface area contributed by atoms with E-state index >= 15 is 0 Å². The molecule has 5 fully saturated rings. The van der Waals surface area contributed by atoms with Crippen LogP contribution >= 0.6 is 23.1 Å². The number of likely N-dealkylation sites (tertiary alicyclic amines) is 1. The molecule has 3 N–H and O–H groups in total. The minimum absolute atomic E-state index is 0.00617. The molecule has 11 rings (SSSR count). The van der Waals surface area contributed by atoms with E-state index in [0.717, 1.165) is 109 Å². The van der Waals surface area contributed by atoms with E-state index in [2.05, 4.69) is 75.4 Å². The summed E-state index contributed by atoms with van der Waals surface area (Å²) in [5.74, 6) is -0.929. The number of hydrogen-bond acceptors (Lipinski definition) is 15. The van der Waals surface area contributed by atoms with E-state index in [9.17, 15) is 58.0 Å². The number of benzene rings is 4. The molecule has 3 saturated heterocycles. The first-order valence-corrected chi connectivity index (χ1v) is 40.8. The molecular weight excluding hydrogens is 1390 g/mol. The second-order valence-electron chi connectivity index (χ2n) is 30.8. The number of nitrogens with zero attached hydrogens (tertiary/aromatic N) is 6. The van der Waals surface area contributed by atoms with Crippen molar-refractivity contribution < 1.29 is 58.0 Å². The Morgan fingerprint density at radius 2 is 1.46 bits per heavy atom. The number of aromatic nitrogens is 1. The molecule has 6 aliphatic rings. The zero-order valence-corrected chi connectivity index (χ0v) is 62.8. The van der Waals surface area contributed by atoms with Crippen molar-refractivity contribution in [2.75, 3.05) is 88.0 Å². The van der Waals surface area contributed by atoms with E-state index in [0.29, 0.717) is 96.9 Å². The van der Waals surface area contributed by atoms with E-state index in [1.54, 1.807) is 23.5 Å². The number of piperazine rings is 2. The zero-order valence-electron chi connectivity index (χ0n) is 59.6. The van der Waals surface area contributed by atoms with E-state index < -0.39 is 76.1 Å². The number of amides is 4. The highest BCUT2D eigenvalue weighted by Gasteiger charge is 2.88. The Hall–Kier alpha value is -6.45. The highest BCUT2D eigenvalue weighted by Crippen LogP contribution is 2.92. The summed E-state index contributed by atoms with van der Waals surface area (Å²) >= 11 is 3.02. The van der Waals surface area contributed by atoms with Gasteiger partial charge in [-0.2, -0.15) is 13.2 Å². The van der Waals surface area contributed by atoms with Crippen LogP contribution < -0.4 is 20.3 Å². The normalized spacial score (nSPS) is 22.1. The summed E-state index contributed by atoms with van der Waals surface area (Å²) in [4.78, 5) is 69.5. The Morgan fingerprint density at radius 1 is 0.794 bits per heavy atom. The number of aryl methyl sites for hydroxylation is 1. The van der Waals surface area contributed by atoms with Crippen molar-refractivity contribution in [2.24, 2.45) is 21.7 Å². The molecule has 4 heterocycles. The number of rotatable bonds is 29. The smallest absolute Gasteiger partial charge is 0.380 e. The molecule has 0 bridgehead atoms. The number of fused-ring (bicyclic) bond motifs is 1. The van der Waals surface area contributed by atoms with Gasteiger partial charge in [0.2, 0.25) is 24.1 Å². The summed E-state index contributed by atoms with van der Waals surface area (Å²) in [7, 11) is -11.1. The summed E-state index contributed by atoms with van der Waals surface area (Å²) in [5, 5.41) is 6.12. The van der Waals surface area contributed by atoms with Crippen molar-refractivity contribution in [3.8, 4) is 10.4 Å². The van der Waals surface area contributed by atoms with E-state index in [1.807, 2.05) is 78.1 Å². The monoisotopic (exact) mass is 1490 g/mol. The number of halogens is 5. The Balaban J connectivity index is 0.637. The van der Waals surface area contributed by atoms with Crippen LogP contribution in [-0.4, -0.2) is 173 Å². The highest BCUT2D eigenvalue weighted by molar-refractivity contribution is 7.99. The van der Waals surface area contributed by atoms with Crippen LogP contribution in [-0.2, 0) is 34.2 Å². The van der Waals surface area contributed by atoms with Crippen LogP contribution in [0.1, 0.15) is 159 Å². The van der Waals surface area contributed by atoms with Crippen molar-refractivity contribution in [2.45, 2.75) is 189 Å². The largest absolute Gasteiger partial charge is 0.501 e. The van der Waals surface area contributed by atoms with Gasteiger partial charge in [0.15, 0.2) is 0 Å². The van der Waals surface area contributed by atoms with Gasteiger partial charge in [-0.05, 0) is 148 Å². The van der Waals surface area contributed by atoms with Crippen molar-refractivity contribution in [1.82, 2.24) is 34.6 Å². The number of anilines is 2. The standard InChI is InChI=1S/C76H98F5N9O8S4/c1-51(53-21-23-54(24-22-53)67-52(2)82-50-100-67)63-18-15-34-90(63)70(94)68(72(3,4)5)84-65(91)19-13-8-9-14-20-66(92)89-42-36-86(37-43-89)35-32-57(47-99-59-16-11-10-12-17-59)83-62-30-29-60(44-64(62)101(95,96)76(79,80)81)102(97,98)85-69(93)55-25-27-58(28-26-55)88-40-38-87(39-41-88)46-56-31-33-73(6,7)45-61(56)74-48-75(74,49-74)71(77)78/h10-12,16-17,21-30,44,50-51,57,63,68,71,83H,8-9,13-15,18-20,31-43,45-49H2,1-7H3,(H,84,91)(H,85,93). The van der Waals surface area contributed by atoms with Gasteiger partial charge < -0.3 is 25.3 Å². The minimum atomic E-state index is -6.18. The first kappa shape index (κ1) is 76.7. The summed E-state index contributed by atoms with van der Waals surface area (Å²) < 4.78 is 128. The average molecular weight is 1490 g/mol. The maximum atomic E-state index is 14.6. The van der Waals surface area contributed by atoms with Gasteiger partial charge in [0.25, 0.3) is 25.8 Å². The van der Waals surface area contributed by atoms with Crippen molar-refractivity contribution in [1.29, 1.82) is 0 Å². The number of sulfonamides is 1. The van der Waals surface area contributed by atoms with Gasteiger partial charge in [0, 0.05) is 136 Å². The lowest BCUT2D eigenvalue weighted by atomic mass is 9.71. The number of carbonyl (C=O) groups is 4. The third-order valence-corrected chi connectivity index (χ3v) is 27.1. The van der Waals surface area contributed by atoms with Crippen molar-refractivity contribution in [3.63, 3.8) is 0 Å². The number of thioether (sulfide) groups is 1. The molecule has 0 radical (unpaired) electrons. The molecule has 3 aliphatic heterocycles. The van der Waals surface area contributed by atoms with E-state index in [1.165, 1.54) is 35.0 Å². The molecule has 17 nitrogen and oxygen atoms in total. The fraction of sp³-hybridized carbons (Fsp3) is 0.566. The maximum Gasteiger partial charge on any atom is 0.501 e. The summed E-state index contributed by atoms with van der Waals surface area (Å²) in [6.07, 6.45) is 7.05. The van der Waals surface area contributed by atoms with Crippen molar-refractivity contribution in [3.05, 3.63) is 131 Å². The number of allylic oxidation sites excluding steroid dienone is 1. The topological polar surface area (TPSA) is 202 Å². The number of carbonyl (C=O) groups excluding carboxylic acids is 4. The molecule has 0 spiro atoms. The van der Waals surface area contributed by atoms with Gasteiger partial charge in [-0.1, -0.05) is 108 Å². The minimum Gasteiger partial charge on any atom is -0.380 e. The van der Waals surface area contributed by atoms with Crippen LogP contribution in [0.15, 0.2) is 128 Å². The fourth-order valence-corrected chi connectivity index (χ4v) is 19.4. The second-order valence-corrected chi connectivity index (χ2v) is 36.4. The molecule has 5 aromatic rings. The zero-order chi connectivity index (χ0) is 73.2. The Morgan fingerprint density at radius 3 is 2.09 bits per heavy atom. The molecule has 3 aliphatic carbocycles. The molecule has 4 aromatic carbocycles. The maximum absolute atomic E-state index is 14.6. The predicted molar refractivity (Wildman–Crippen MR) is 391 cm³/mol. The van der Waals surface area contributed by atoms with Gasteiger partial charge in [-0.3, -0.25) is 29.0 Å². The lowest BCUT2D eigenvalue weighted by molar-refractivity contribution is -0.140. The van der Waals surface area contributed by atoms with Crippen LogP contribution in [0, 0.1) is 28.6 Å². The SMILES string of the molecule is Cc1ncsc1-c1ccc(C(C)C2CCCN2C(=O)C(NC(=O)CCCCCCC(=O)N2CCN(CCC(CSc3ccccc3)Nc3ccc(S(=O)(=O)NC(=O)c4ccc(N5CCN(CC6=C(C78CC7(C(F)F)C8)CC(C)(C)CC6)CC5)cc4)cc3S(=O)(=O)C(F)(F)F)CC2)C(C)(C)C)cc1. The number of sulfone groups is 1. The Kier molecular flexibility index (Phi) is 23.5. The van der Waals surface area contributed by atoms with Crippen LogP contribution in [0.3, 0.4) is 0 Å². The quantitative estimate of drug-likeness (QED) is 0.0177. The average Bonchev–Trinajstić information content (AvgIpc) is 1.44. The number of unbranched alkanes of at least 4 members (excludes halogenated alkanes) is 3. The van der Waals surface area contributed by atoms with Crippen LogP contribution in [0.4, 0.5) is 33.3 Å². The molecular formula is C76H98F5N9O8S4. The van der Waals surface area contributed by atoms with Crippen LogP contribution in [0.5, 0.6) is 0 Å². The molecule has 4 amide bonds. The molecule has 4 atom stereocenters. The van der Waals surface area contributed by atoms with Gasteiger partial charge >= 0.3 is 5.51 Å². The van der Waals surface area contributed by atoms with Gasteiger partial charge in [0.1, 0.15) is 10.9 Å². The summed E-state index contributed by atoms with van der Waals surface area (Å²) in [5.41, 5.74) is 0.553. The first-order valence-electron chi connectivity index (χ1n) is 35.9. The highest BCUT2D eigenvalue weighted by atomic mass is 32.2. The second kappa shape index (κ2) is 31.3. The lowest BCUT2D eigenvalue weighted by Crippen LogP contribution is -2.56. The van der Waals surface area contributed by atoms with Gasteiger partial charge in [-0.15, -0.1) is 23.1 Å². The fourth-order valence-electron chi connectivity index (χ4n) is 15.6. The number of hydrogen-bond donors (Lipinski definition) is 3. The van der Waals surface area contributed by atoms with Crippen molar-refractivity contribution >= 4 is 78.0 Å². The molecule has 26 heteroatoms. The number of nitrogens with one attached hydrogen (secondary N) is 3. The number of alkyl halides is 5. The molecule has 2 saturated carbocycles. The molecule has 4 unspecified atom stereocenters. The summed E-state index contributed by atoms with van der Waals surface area (Å²) in [6.45, 7) is 21.0. The molecule has 102 heavy (non-hydrogen) atoms. The van der Waals surface area contributed by atoms with E-state index in [-0.39, 0.29) is 58.2 Å². The Labute approximate surface area is 606 Å². The Bertz CT molecular complexity index is 4070. The van der Waals surface area contributed by atoms with Crippen LogP contribution in [0.25, 0.3) is 10.4 Å². The third-order valence-electron chi connectivity index (χ3n) is 22.1. The lowest BCUT2D eigenvalue weighted by Gasteiger charge is -2.40. The van der Waals surface area contributed by atoms with Gasteiger partial charge in [0.05, 0.1) is 26.7 Å². The van der Waals surface area contributed by atoms with Crippen LogP contribution in [0.2, 0.25) is 0 Å². The summed E-state index contributed by atoms with van der Waals surface area (Å²) in [6, 6.07) is 25.0. The first-order chi connectivity index (χ1) is 48.3. The molecule has 554 valence electrons. The van der Waals surface area contributed by atoms with Gasteiger partial charge in [-0.25, -0.2) is 35.3 Å². The number of thiazole rings is 1. The third kappa shape index (κ3) is 17.6. The predicted octanol–water partition coefficient (Wildman–Crippen LogP) is 14.0.